The Kier molecular flexibility index (Phi) is 2.89. The van der Waals surface area contributed by atoms with Crippen LogP contribution in [0.15, 0.2) is 51.9 Å². The zero-order valence-corrected chi connectivity index (χ0v) is 10.2. The summed E-state index contributed by atoms with van der Waals surface area (Å²) in [6, 6.07) is 9.27. The van der Waals surface area contributed by atoms with Crippen molar-refractivity contribution < 1.29 is 8.94 Å². The van der Waals surface area contributed by atoms with E-state index in [9.17, 15) is 0 Å². The molecular weight excluding hydrogens is 242 g/mol. The lowest BCUT2D eigenvalue weighted by Crippen LogP contribution is -2.09. The zero-order chi connectivity index (χ0) is 13.2. The molecule has 0 bridgehead atoms. The lowest BCUT2D eigenvalue weighted by Gasteiger charge is -1.99. The van der Waals surface area contributed by atoms with Crippen LogP contribution < -0.4 is 5.73 Å². The van der Waals surface area contributed by atoms with Gasteiger partial charge in [0.25, 0.3) is 0 Å². The monoisotopic (exact) mass is 255 g/mol. The van der Waals surface area contributed by atoms with Crippen molar-refractivity contribution in [1.29, 1.82) is 0 Å². The van der Waals surface area contributed by atoms with Crippen molar-refractivity contribution in [2.45, 2.75) is 12.5 Å². The summed E-state index contributed by atoms with van der Waals surface area (Å²) in [4.78, 5) is 4.25. The van der Waals surface area contributed by atoms with Crippen molar-refractivity contribution in [2.24, 2.45) is 5.73 Å². The Morgan fingerprint density at radius 2 is 2.21 bits per heavy atom. The number of para-hydroxylation sites is 1. The first-order chi connectivity index (χ1) is 9.28. The SMILES string of the molecule is C=CCC(N)c1nc(-c2cc3ccccc3o2)no1. The minimum Gasteiger partial charge on any atom is -0.453 e. The summed E-state index contributed by atoms with van der Waals surface area (Å²) in [5.74, 6) is 1.36. The van der Waals surface area contributed by atoms with Gasteiger partial charge in [-0.05, 0) is 18.6 Å². The van der Waals surface area contributed by atoms with Gasteiger partial charge in [0.2, 0.25) is 11.7 Å². The smallest absolute Gasteiger partial charge is 0.244 e. The predicted octanol–water partition coefficient (Wildman–Crippen LogP) is 3.06. The molecule has 5 nitrogen and oxygen atoms in total. The largest absolute Gasteiger partial charge is 0.453 e. The summed E-state index contributed by atoms with van der Waals surface area (Å²) < 4.78 is 10.8. The van der Waals surface area contributed by atoms with E-state index < -0.39 is 0 Å². The van der Waals surface area contributed by atoms with E-state index in [1.807, 2.05) is 30.3 Å². The van der Waals surface area contributed by atoms with Crippen molar-refractivity contribution in [3.05, 3.63) is 48.9 Å². The third-order valence-corrected chi connectivity index (χ3v) is 2.83. The van der Waals surface area contributed by atoms with Gasteiger partial charge >= 0.3 is 0 Å². The highest BCUT2D eigenvalue weighted by Crippen LogP contribution is 2.26. The molecule has 0 amide bonds. The molecule has 19 heavy (non-hydrogen) atoms. The average Bonchev–Trinajstić information content (AvgIpc) is 3.05. The Bertz CT molecular complexity index is 681. The third kappa shape index (κ3) is 2.15. The van der Waals surface area contributed by atoms with Crippen LogP contribution in [0.1, 0.15) is 18.4 Å². The molecule has 0 radical (unpaired) electrons. The molecule has 0 saturated carbocycles. The first kappa shape index (κ1) is 11.7. The molecule has 0 aliphatic carbocycles. The molecule has 0 fully saturated rings. The van der Waals surface area contributed by atoms with Crippen molar-refractivity contribution in [3.8, 4) is 11.6 Å². The molecule has 0 aliphatic heterocycles. The van der Waals surface area contributed by atoms with Gasteiger partial charge in [0.1, 0.15) is 5.58 Å². The van der Waals surface area contributed by atoms with Crippen molar-refractivity contribution in [3.63, 3.8) is 0 Å². The van der Waals surface area contributed by atoms with Crippen molar-refractivity contribution in [1.82, 2.24) is 10.1 Å². The molecule has 5 heteroatoms. The van der Waals surface area contributed by atoms with Crippen LogP contribution in [0.5, 0.6) is 0 Å². The first-order valence-electron chi connectivity index (χ1n) is 5.97. The number of nitrogens with two attached hydrogens (primary N) is 1. The van der Waals surface area contributed by atoms with E-state index in [0.29, 0.717) is 23.9 Å². The lowest BCUT2D eigenvalue weighted by atomic mass is 10.2. The van der Waals surface area contributed by atoms with Crippen LogP contribution in [-0.4, -0.2) is 10.1 Å². The van der Waals surface area contributed by atoms with Crippen LogP contribution in [-0.2, 0) is 0 Å². The van der Waals surface area contributed by atoms with Gasteiger partial charge in [0.05, 0.1) is 6.04 Å². The van der Waals surface area contributed by atoms with Gasteiger partial charge in [0.15, 0.2) is 5.76 Å². The highest BCUT2D eigenvalue weighted by atomic mass is 16.5. The van der Waals surface area contributed by atoms with E-state index in [-0.39, 0.29) is 6.04 Å². The Balaban J connectivity index is 1.95. The second-order valence-corrected chi connectivity index (χ2v) is 4.24. The molecule has 3 aromatic rings. The van der Waals surface area contributed by atoms with E-state index in [0.717, 1.165) is 11.0 Å². The molecule has 2 N–H and O–H groups in total. The Hall–Kier alpha value is -2.40. The van der Waals surface area contributed by atoms with Crippen LogP contribution in [0, 0.1) is 0 Å². The van der Waals surface area contributed by atoms with Crippen LogP contribution in [0.25, 0.3) is 22.6 Å². The second kappa shape index (κ2) is 4.70. The maximum atomic E-state index is 5.87. The Morgan fingerprint density at radius 1 is 1.37 bits per heavy atom. The minimum absolute atomic E-state index is 0.330. The van der Waals surface area contributed by atoms with Crippen LogP contribution in [0.2, 0.25) is 0 Å². The molecule has 1 aromatic carbocycles. The van der Waals surface area contributed by atoms with E-state index in [4.69, 9.17) is 14.7 Å². The molecule has 0 spiro atoms. The molecule has 0 saturated heterocycles. The fourth-order valence-corrected chi connectivity index (χ4v) is 1.86. The van der Waals surface area contributed by atoms with Gasteiger partial charge in [-0.15, -0.1) is 6.58 Å². The molecule has 2 heterocycles. The van der Waals surface area contributed by atoms with Crippen LogP contribution in [0.4, 0.5) is 0 Å². The van der Waals surface area contributed by atoms with E-state index >= 15 is 0 Å². The summed E-state index contributed by atoms with van der Waals surface area (Å²) in [6.07, 6.45) is 2.30. The summed E-state index contributed by atoms with van der Waals surface area (Å²) in [5, 5.41) is 4.89. The number of nitrogens with zero attached hydrogens (tertiary/aromatic N) is 2. The van der Waals surface area contributed by atoms with Gasteiger partial charge in [-0.2, -0.15) is 4.98 Å². The quantitative estimate of drug-likeness (QED) is 0.725. The molecule has 0 aliphatic rings. The van der Waals surface area contributed by atoms with Gasteiger partial charge in [0, 0.05) is 5.39 Å². The molecule has 1 atom stereocenters. The average molecular weight is 255 g/mol. The molecule has 3 rings (SSSR count). The van der Waals surface area contributed by atoms with Crippen molar-refractivity contribution in [2.75, 3.05) is 0 Å². The topological polar surface area (TPSA) is 78.1 Å². The highest BCUT2D eigenvalue weighted by Gasteiger charge is 2.17. The van der Waals surface area contributed by atoms with Crippen molar-refractivity contribution >= 4 is 11.0 Å². The fourth-order valence-electron chi connectivity index (χ4n) is 1.86. The summed E-state index contributed by atoms with van der Waals surface area (Å²) in [5.41, 5.74) is 6.66. The highest BCUT2D eigenvalue weighted by molar-refractivity contribution is 5.81. The van der Waals surface area contributed by atoms with Crippen LogP contribution >= 0.6 is 0 Å². The van der Waals surface area contributed by atoms with E-state index in [1.165, 1.54) is 0 Å². The summed E-state index contributed by atoms with van der Waals surface area (Å²) in [6.45, 7) is 3.63. The first-order valence-corrected chi connectivity index (χ1v) is 5.97. The predicted molar refractivity (Wildman–Crippen MR) is 71.2 cm³/mol. The van der Waals surface area contributed by atoms with E-state index in [1.54, 1.807) is 6.08 Å². The number of hydrogen-bond donors (Lipinski definition) is 1. The fraction of sp³-hybridized carbons (Fsp3) is 0.143. The standard InChI is InChI=1S/C14H13N3O2/c1-2-5-10(15)14-16-13(17-19-14)12-8-9-6-3-4-7-11(9)18-12/h2-4,6-8,10H,1,5,15H2. The number of furan rings is 1. The number of hydrogen-bond acceptors (Lipinski definition) is 5. The number of aromatic nitrogens is 2. The van der Waals surface area contributed by atoms with Crippen LogP contribution in [0.3, 0.4) is 0 Å². The molecule has 2 aromatic heterocycles. The lowest BCUT2D eigenvalue weighted by molar-refractivity contribution is 0.355. The van der Waals surface area contributed by atoms with Gasteiger partial charge in [-0.25, -0.2) is 0 Å². The Morgan fingerprint density at radius 3 is 3.00 bits per heavy atom. The maximum absolute atomic E-state index is 5.87. The molecule has 1 unspecified atom stereocenters. The second-order valence-electron chi connectivity index (χ2n) is 4.24. The number of rotatable bonds is 4. The number of fused-ring (bicyclic) bond motifs is 1. The maximum Gasteiger partial charge on any atom is 0.244 e. The number of benzene rings is 1. The van der Waals surface area contributed by atoms with Gasteiger partial charge < -0.3 is 14.7 Å². The Labute approximate surface area is 109 Å². The zero-order valence-electron chi connectivity index (χ0n) is 10.2. The normalized spacial score (nSPS) is 12.7. The minimum atomic E-state index is -0.330. The summed E-state index contributed by atoms with van der Waals surface area (Å²) in [7, 11) is 0. The van der Waals surface area contributed by atoms with E-state index in [2.05, 4.69) is 16.7 Å². The molecule has 96 valence electrons. The summed E-state index contributed by atoms with van der Waals surface area (Å²) >= 11 is 0. The van der Waals surface area contributed by atoms with Gasteiger partial charge in [-0.3, -0.25) is 0 Å². The third-order valence-electron chi connectivity index (χ3n) is 2.83. The van der Waals surface area contributed by atoms with Gasteiger partial charge in [-0.1, -0.05) is 29.4 Å². The molecular formula is C14H13N3O2.